The maximum Gasteiger partial charge on any atom is 0.260 e. The number of amides is 1. The molecule has 1 amide bonds. The van der Waals surface area contributed by atoms with Gasteiger partial charge in [-0.3, -0.25) is 4.79 Å². The molecular formula is C15H22ClNO3. The summed E-state index contributed by atoms with van der Waals surface area (Å²) >= 11 is 5.78. The first-order valence-corrected chi connectivity index (χ1v) is 7.20. The number of nitrogens with one attached hydrogen (secondary N) is 1. The third-order valence-corrected chi connectivity index (χ3v) is 3.66. The van der Waals surface area contributed by atoms with Crippen LogP contribution in [0.25, 0.3) is 0 Å². The molecule has 4 nitrogen and oxygen atoms in total. The van der Waals surface area contributed by atoms with Crippen LogP contribution in [0.1, 0.15) is 33.6 Å². The van der Waals surface area contributed by atoms with Crippen molar-refractivity contribution in [3.05, 3.63) is 29.3 Å². The van der Waals surface area contributed by atoms with E-state index in [9.17, 15) is 9.90 Å². The normalized spacial score (nSPS) is 12.8. The van der Waals surface area contributed by atoms with Crippen molar-refractivity contribution in [2.75, 3.05) is 6.54 Å². The molecule has 0 saturated heterocycles. The van der Waals surface area contributed by atoms with Gasteiger partial charge in [0.25, 0.3) is 5.91 Å². The molecule has 0 aliphatic heterocycles. The van der Waals surface area contributed by atoms with Gasteiger partial charge in [0, 0.05) is 11.6 Å². The van der Waals surface area contributed by atoms with Crippen LogP contribution in [0.2, 0.25) is 5.02 Å². The lowest BCUT2D eigenvalue weighted by Crippen LogP contribution is -2.46. The molecule has 0 bridgehead atoms. The summed E-state index contributed by atoms with van der Waals surface area (Å²) in [5, 5.41) is 13.4. The molecule has 0 aliphatic carbocycles. The number of carbonyl (C=O) groups is 1. The van der Waals surface area contributed by atoms with Crippen LogP contribution in [0.5, 0.6) is 5.75 Å². The Morgan fingerprint density at radius 1 is 1.35 bits per heavy atom. The van der Waals surface area contributed by atoms with Crippen LogP contribution in [-0.4, -0.2) is 29.3 Å². The van der Waals surface area contributed by atoms with Gasteiger partial charge in [-0.1, -0.05) is 25.4 Å². The van der Waals surface area contributed by atoms with Crippen molar-refractivity contribution in [3.63, 3.8) is 0 Å². The van der Waals surface area contributed by atoms with Crippen LogP contribution < -0.4 is 10.1 Å². The second-order valence-electron chi connectivity index (χ2n) is 4.86. The van der Waals surface area contributed by atoms with E-state index in [4.69, 9.17) is 16.3 Å². The SMILES string of the molecule is CCC(O)(CC)CNC(=O)C(C)Oc1ccc(Cl)cc1. The van der Waals surface area contributed by atoms with Crippen molar-refractivity contribution in [1.29, 1.82) is 0 Å². The first kappa shape index (κ1) is 16.8. The van der Waals surface area contributed by atoms with E-state index in [0.29, 0.717) is 23.6 Å². The number of halogens is 1. The topological polar surface area (TPSA) is 58.6 Å². The highest BCUT2D eigenvalue weighted by Gasteiger charge is 2.24. The zero-order valence-corrected chi connectivity index (χ0v) is 12.9. The quantitative estimate of drug-likeness (QED) is 0.814. The summed E-state index contributed by atoms with van der Waals surface area (Å²) in [6.45, 7) is 5.68. The molecule has 1 aromatic carbocycles. The van der Waals surface area contributed by atoms with Gasteiger partial charge in [-0.2, -0.15) is 0 Å². The molecule has 0 aromatic heterocycles. The summed E-state index contributed by atoms with van der Waals surface area (Å²) in [6.07, 6.45) is 0.556. The predicted molar refractivity (Wildman–Crippen MR) is 80.1 cm³/mol. The Kier molecular flexibility index (Phi) is 6.30. The predicted octanol–water partition coefficient (Wildman–Crippen LogP) is 2.77. The lowest BCUT2D eigenvalue weighted by molar-refractivity contribution is -0.128. The van der Waals surface area contributed by atoms with Crippen LogP contribution in [0.15, 0.2) is 24.3 Å². The average Bonchev–Trinajstić information content (AvgIpc) is 2.46. The van der Waals surface area contributed by atoms with Crippen LogP contribution in [0.3, 0.4) is 0 Å². The molecule has 112 valence electrons. The molecule has 0 heterocycles. The van der Waals surface area contributed by atoms with Gasteiger partial charge >= 0.3 is 0 Å². The van der Waals surface area contributed by atoms with E-state index >= 15 is 0 Å². The fourth-order valence-electron chi connectivity index (χ4n) is 1.67. The number of rotatable bonds is 7. The van der Waals surface area contributed by atoms with Crippen molar-refractivity contribution in [3.8, 4) is 5.75 Å². The average molecular weight is 300 g/mol. The number of hydrogen-bond acceptors (Lipinski definition) is 3. The largest absolute Gasteiger partial charge is 0.481 e. The summed E-state index contributed by atoms with van der Waals surface area (Å²) in [5.74, 6) is 0.332. The highest BCUT2D eigenvalue weighted by atomic mass is 35.5. The van der Waals surface area contributed by atoms with Gasteiger partial charge < -0.3 is 15.2 Å². The van der Waals surface area contributed by atoms with Crippen molar-refractivity contribution in [1.82, 2.24) is 5.32 Å². The molecule has 20 heavy (non-hydrogen) atoms. The minimum Gasteiger partial charge on any atom is -0.481 e. The molecule has 1 aromatic rings. The second kappa shape index (κ2) is 7.50. The Balaban J connectivity index is 2.49. The first-order valence-electron chi connectivity index (χ1n) is 6.82. The first-order chi connectivity index (χ1) is 9.40. The Morgan fingerprint density at radius 3 is 2.40 bits per heavy atom. The van der Waals surface area contributed by atoms with Crippen molar-refractivity contribution in [2.24, 2.45) is 0 Å². The molecule has 1 unspecified atom stereocenters. The monoisotopic (exact) mass is 299 g/mol. The molecule has 0 saturated carbocycles. The van der Waals surface area contributed by atoms with E-state index in [1.807, 2.05) is 13.8 Å². The lowest BCUT2D eigenvalue weighted by Gasteiger charge is -2.26. The van der Waals surface area contributed by atoms with Gasteiger partial charge in [0.05, 0.1) is 5.60 Å². The summed E-state index contributed by atoms with van der Waals surface area (Å²) in [5.41, 5.74) is -0.852. The number of ether oxygens (including phenoxy) is 1. The Bertz CT molecular complexity index is 429. The minimum atomic E-state index is -0.852. The number of benzene rings is 1. The Labute approximate surface area is 125 Å². The summed E-state index contributed by atoms with van der Waals surface area (Å²) in [4.78, 5) is 11.9. The number of hydrogen-bond donors (Lipinski definition) is 2. The van der Waals surface area contributed by atoms with E-state index in [0.717, 1.165) is 0 Å². The van der Waals surface area contributed by atoms with Gasteiger partial charge in [-0.25, -0.2) is 0 Å². The molecule has 0 spiro atoms. The highest BCUT2D eigenvalue weighted by molar-refractivity contribution is 6.30. The zero-order chi connectivity index (χ0) is 15.2. The zero-order valence-electron chi connectivity index (χ0n) is 12.1. The lowest BCUT2D eigenvalue weighted by atomic mass is 9.97. The highest BCUT2D eigenvalue weighted by Crippen LogP contribution is 2.17. The number of carbonyl (C=O) groups excluding carboxylic acids is 1. The van der Waals surface area contributed by atoms with Gasteiger partial charge in [-0.15, -0.1) is 0 Å². The molecule has 0 radical (unpaired) electrons. The second-order valence-corrected chi connectivity index (χ2v) is 5.30. The number of aliphatic hydroxyl groups is 1. The van der Waals surface area contributed by atoms with Crippen LogP contribution in [0.4, 0.5) is 0 Å². The molecule has 1 rings (SSSR count). The maximum absolute atomic E-state index is 11.9. The molecule has 0 aliphatic rings. The Hall–Kier alpha value is -1.26. The molecule has 0 fully saturated rings. The molecular weight excluding hydrogens is 278 g/mol. The van der Waals surface area contributed by atoms with Gasteiger partial charge in [0.1, 0.15) is 5.75 Å². The standard InChI is InChI=1S/C15H22ClNO3/c1-4-15(19,5-2)10-17-14(18)11(3)20-13-8-6-12(16)7-9-13/h6-9,11,19H,4-5,10H2,1-3H3,(H,17,18). The summed E-state index contributed by atoms with van der Waals surface area (Å²) < 4.78 is 5.51. The van der Waals surface area contributed by atoms with Crippen molar-refractivity contribution >= 4 is 17.5 Å². The smallest absolute Gasteiger partial charge is 0.260 e. The summed E-state index contributed by atoms with van der Waals surface area (Å²) in [6, 6.07) is 6.82. The molecule has 1 atom stereocenters. The van der Waals surface area contributed by atoms with Gasteiger partial charge in [0.15, 0.2) is 6.10 Å². The van der Waals surface area contributed by atoms with E-state index in [1.165, 1.54) is 0 Å². The van der Waals surface area contributed by atoms with E-state index in [1.54, 1.807) is 31.2 Å². The van der Waals surface area contributed by atoms with Crippen molar-refractivity contribution in [2.45, 2.75) is 45.3 Å². The van der Waals surface area contributed by atoms with E-state index < -0.39 is 11.7 Å². The third-order valence-electron chi connectivity index (χ3n) is 3.40. The third kappa shape index (κ3) is 5.02. The fourth-order valence-corrected chi connectivity index (χ4v) is 1.79. The van der Waals surface area contributed by atoms with Crippen molar-refractivity contribution < 1.29 is 14.6 Å². The van der Waals surface area contributed by atoms with Gasteiger partial charge in [0.2, 0.25) is 0 Å². The molecule has 5 heteroatoms. The van der Waals surface area contributed by atoms with Crippen LogP contribution in [-0.2, 0) is 4.79 Å². The molecule has 2 N–H and O–H groups in total. The summed E-state index contributed by atoms with van der Waals surface area (Å²) in [7, 11) is 0. The fraction of sp³-hybridized carbons (Fsp3) is 0.533. The van der Waals surface area contributed by atoms with E-state index in [-0.39, 0.29) is 12.5 Å². The van der Waals surface area contributed by atoms with E-state index in [2.05, 4.69) is 5.32 Å². The van der Waals surface area contributed by atoms with Crippen LogP contribution >= 0.6 is 11.6 Å². The minimum absolute atomic E-state index is 0.229. The maximum atomic E-state index is 11.9. The van der Waals surface area contributed by atoms with Gasteiger partial charge in [-0.05, 0) is 44.0 Å². The Morgan fingerprint density at radius 2 is 1.90 bits per heavy atom. The van der Waals surface area contributed by atoms with Crippen LogP contribution in [0, 0.1) is 0 Å².